The summed E-state index contributed by atoms with van der Waals surface area (Å²) in [4.78, 5) is 25.8. The first kappa shape index (κ1) is 14.9. The van der Waals surface area contributed by atoms with Crippen molar-refractivity contribution in [3.8, 4) is 0 Å². The van der Waals surface area contributed by atoms with Crippen LogP contribution in [0, 0.1) is 11.8 Å². The van der Waals surface area contributed by atoms with Crippen LogP contribution in [0.3, 0.4) is 0 Å². The molecule has 1 N–H and O–H groups in total. The number of carbonyl (C=O) groups is 2. The number of nitrogens with zero attached hydrogens (tertiary/aromatic N) is 1. The number of likely N-dealkylation sites (tertiary alicyclic amines) is 1. The van der Waals surface area contributed by atoms with Crippen LogP contribution in [0.25, 0.3) is 0 Å². The summed E-state index contributed by atoms with van der Waals surface area (Å²) in [7, 11) is 0. The van der Waals surface area contributed by atoms with E-state index in [0.29, 0.717) is 27.5 Å². The third kappa shape index (κ3) is 2.46. The molecular weight excluding hydrogens is 358 g/mol. The molecule has 2 aliphatic rings. The van der Waals surface area contributed by atoms with Gasteiger partial charge < -0.3 is 10.0 Å². The summed E-state index contributed by atoms with van der Waals surface area (Å²) in [5.74, 6) is -0.815. The van der Waals surface area contributed by atoms with Crippen molar-refractivity contribution in [1.82, 2.24) is 4.90 Å². The van der Waals surface area contributed by atoms with Crippen molar-refractivity contribution in [3.05, 3.63) is 33.3 Å². The molecule has 1 saturated carbocycles. The Morgan fingerprint density at radius 1 is 1.33 bits per heavy atom. The third-order valence-electron chi connectivity index (χ3n) is 4.59. The van der Waals surface area contributed by atoms with Crippen molar-refractivity contribution in [2.45, 2.75) is 25.3 Å². The van der Waals surface area contributed by atoms with Crippen LogP contribution >= 0.6 is 27.5 Å². The zero-order valence-electron chi connectivity index (χ0n) is 11.3. The zero-order chi connectivity index (χ0) is 15.1. The minimum Gasteiger partial charge on any atom is -0.480 e. The number of benzene rings is 1. The van der Waals surface area contributed by atoms with Gasteiger partial charge >= 0.3 is 5.97 Å². The second-order valence-electron chi connectivity index (χ2n) is 5.70. The topological polar surface area (TPSA) is 57.6 Å². The maximum absolute atomic E-state index is 12.7. The third-order valence-corrected chi connectivity index (χ3v) is 5.88. The van der Waals surface area contributed by atoms with Crippen molar-refractivity contribution < 1.29 is 14.7 Å². The van der Waals surface area contributed by atoms with Crippen LogP contribution in [0.2, 0.25) is 5.02 Å². The number of rotatable bonds is 2. The molecule has 4 nitrogen and oxygen atoms in total. The molecule has 1 aliphatic carbocycles. The van der Waals surface area contributed by atoms with E-state index >= 15 is 0 Å². The normalized spacial score (nSPS) is 27.7. The van der Waals surface area contributed by atoms with Gasteiger partial charge in [0, 0.05) is 11.0 Å². The van der Waals surface area contributed by atoms with Gasteiger partial charge in [-0.1, -0.05) is 24.1 Å². The molecule has 0 bridgehead atoms. The van der Waals surface area contributed by atoms with Gasteiger partial charge in [0.25, 0.3) is 5.91 Å². The second kappa shape index (κ2) is 5.61. The maximum Gasteiger partial charge on any atom is 0.326 e. The molecule has 0 radical (unpaired) electrons. The van der Waals surface area contributed by atoms with E-state index in [1.54, 1.807) is 18.2 Å². The Morgan fingerprint density at radius 3 is 2.81 bits per heavy atom. The first-order valence-corrected chi connectivity index (χ1v) is 8.15. The summed E-state index contributed by atoms with van der Waals surface area (Å²) in [5, 5.41) is 9.85. The van der Waals surface area contributed by atoms with Crippen molar-refractivity contribution in [2.24, 2.45) is 11.8 Å². The van der Waals surface area contributed by atoms with Gasteiger partial charge in [0.1, 0.15) is 6.04 Å². The Morgan fingerprint density at radius 2 is 2.10 bits per heavy atom. The Labute approximate surface area is 136 Å². The lowest BCUT2D eigenvalue weighted by molar-refractivity contribution is -0.142. The fourth-order valence-corrected chi connectivity index (χ4v) is 4.23. The van der Waals surface area contributed by atoms with Crippen LogP contribution in [-0.2, 0) is 4.79 Å². The number of hydrogen-bond donors (Lipinski definition) is 1. The molecule has 1 aliphatic heterocycles. The van der Waals surface area contributed by atoms with Crippen LogP contribution in [0.1, 0.15) is 29.6 Å². The first-order chi connectivity index (χ1) is 10.0. The van der Waals surface area contributed by atoms with E-state index in [-0.39, 0.29) is 11.8 Å². The average molecular weight is 373 g/mol. The Kier molecular flexibility index (Phi) is 3.97. The van der Waals surface area contributed by atoms with Gasteiger partial charge in [-0.15, -0.1) is 0 Å². The Balaban J connectivity index is 1.93. The Hall–Kier alpha value is -1.07. The molecule has 21 heavy (non-hydrogen) atoms. The molecule has 1 amide bonds. The highest BCUT2D eigenvalue weighted by Crippen LogP contribution is 2.43. The fourth-order valence-electron chi connectivity index (χ4n) is 3.65. The highest BCUT2D eigenvalue weighted by Gasteiger charge is 2.49. The summed E-state index contributed by atoms with van der Waals surface area (Å²) in [6.07, 6.45) is 2.95. The first-order valence-electron chi connectivity index (χ1n) is 6.98. The predicted octanol–water partition coefficient (Wildman–Crippen LogP) is 3.43. The smallest absolute Gasteiger partial charge is 0.326 e. The molecular formula is C15H15BrClNO3. The lowest BCUT2D eigenvalue weighted by atomic mass is 9.94. The van der Waals surface area contributed by atoms with Crippen LogP contribution in [0.15, 0.2) is 22.7 Å². The quantitative estimate of drug-likeness (QED) is 0.865. The number of amides is 1. The number of hydrogen-bond acceptors (Lipinski definition) is 2. The Bertz CT molecular complexity index is 607. The number of fused-ring (bicyclic) bond motifs is 1. The number of carboxylic acids is 1. The molecule has 1 saturated heterocycles. The van der Waals surface area contributed by atoms with Crippen molar-refractivity contribution >= 4 is 39.4 Å². The average Bonchev–Trinajstić information content (AvgIpc) is 3.00. The van der Waals surface area contributed by atoms with Crippen LogP contribution in [0.5, 0.6) is 0 Å². The molecule has 0 spiro atoms. The van der Waals surface area contributed by atoms with E-state index in [1.165, 1.54) is 4.90 Å². The molecule has 2 fully saturated rings. The van der Waals surface area contributed by atoms with E-state index in [0.717, 1.165) is 19.3 Å². The molecule has 1 aromatic rings. The van der Waals surface area contributed by atoms with Crippen molar-refractivity contribution in [1.29, 1.82) is 0 Å². The van der Waals surface area contributed by atoms with Gasteiger partial charge in [0.05, 0.1) is 10.6 Å². The molecule has 3 atom stereocenters. The largest absolute Gasteiger partial charge is 0.480 e. The molecule has 1 aromatic carbocycles. The van der Waals surface area contributed by atoms with E-state index in [2.05, 4.69) is 15.9 Å². The minimum atomic E-state index is -0.913. The fraction of sp³-hybridized carbons (Fsp3) is 0.467. The second-order valence-corrected chi connectivity index (χ2v) is 6.93. The van der Waals surface area contributed by atoms with E-state index in [9.17, 15) is 14.7 Å². The summed E-state index contributed by atoms with van der Waals surface area (Å²) >= 11 is 9.47. The molecule has 3 unspecified atom stereocenters. The summed E-state index contributed by atoms with van der Waals surface area (Å²) < 4.78 is 0.640. The van der Waals surface area contributed by atoms with Gasteiger partial charge in [0.15, 0.2) is 0 Å². The van der Waals surface area contributed by atoms with Crippen LogP contribution in [-0.4, -0.2) is 34.5 Å². The molecule has 0 aromatic heterocycles. The molecule has 3 rings (SSSR count). The van der Waals surface area contributed by atoms with Crippen molar-refractivity contribution in [3.63, 3.8) is 0 Å². The number of carbonyl (C=O) groups excluding carboxylic acids is 1. The van der Waals surface area contributed by atoms with Crippen LogP contribution < -0.4 is 0 Å². The monoisotopic (exact) mass is 371 g/mol. The number of halogens is 2. The van der Waals surface area contributed by atoms with Gasteiger partial charge in [-0.25, -0.2) is 4.79 Å². The van der Waals surface area contributed by atoms with E-state index < -0.39 is 12.0 Å². The van der Waals surface area contributed by atoms with Crippen LogP contribution in [0.4, 0.5) is 0 Å². The van der Waals surface area contributed by atoms with Crippen molar-refractivity contribution in [2.75, 3.05) is 6.54 Å². The highest BCUT2D eigenvalue weighted by atomic mass is 79.9. The molecule has 112 valence electrons. The van der Waals surface area contributed by atoms with Gasteiger partial charge in [-0.05, 0) is 52.7 Å². The van der Waals surface area contributed by atoms with E-state index in [4.69, 9.17) is 11.6 Å². The van der Waals surface area contributed by atoms with E-state index in [1.807, 2.05) is 0 Å². The summed E-state index contributed by atoms with van der Waals surface area (Å²) in [6.45, 7) is 0.517. The van der Waals surface area contributed by atoms with Gasteiger partial charge in [-0.3, -0.25) is 4.79 Å². The van der Waals surface area contributed by atoms with Gasteiger partial charge in [0.2, 0.25) is 0 Å². The maximum atomic E-state index is 12.7. The molecule has 6 heteroatoms. The standard InChI is InChI=1S/C15H15BrClNO3/c16-11-6-2-5-10(12(11)17)14(19)18-7-8-3-1-4-9(8)13(18)15(20)21/h2,5-6,8-9,13H,1,3-4,7H2,(H,20,21). The summed E-state index contributed by atoms with van der Waals surface area (Å²) in [5.41, 5.74) is 0.359. The number of aliphatic carboxylic acids is 1. The molecule has 1 heterocycles. The summed E-state index contributed by atoms with van der Waals surface area (Å²) in [6, 6.07) is 4.41. The highest BCUT2D eigenvalue weighted by molar-refractivity contribution is 9.10. The number of carboxylic acid groups (broad SMARTS) is 1. The lowest BCUT2D eigenvalue weighted by Crippen LogP contribution is -2.43. The zero-order valence-corrected chi connectivity index (χ0v) is 13.6. The van der Waals surface area contributed by atoms with Gasteiger partial charge in [-0.2, -0.15) is 0 Å². The lowest BCUT2D eigenvalue weighted by Gasteiger charge is -2.25. The minimum absolute atomic E-state index is 0.0809. The SMILES string of the molecule is O=C(O)C1C2CCCC2CN1C(=O)c1cccc(Br)c1Cl. The predicted molar refractivity (Wildman–Crippen MR) is 82.4 cm³/mol.